The smallest absolute Gasteiger partial charge is 0.427 e. The van der Waals surface area contributed by atoms with Gasteiger partial charge in [-0.1, -0.05) is 23.9 Å². The van der Waals surface area contributed by atoms with Crippen LogP contribution in [0.2, 0.25) is 0 Å². The van der Waals surface area contributed by atoms with Crippen LogP contribution in [0.4, 0.5) is 5.69 Å². The van der Waals surface area contributed by atoms with Gasteiger partial charge in [0.15, 0.2) is 5.75 Å². The lowest BCUT2D eigenvalue weighted by Crippen LogP contribution is -3.00. The summed E-state index contributed by atoms with van der Waals surface area (Å²) in [6.07, 6.45) is 5.69. The molecular weight excluding hydrogens is 443 g/mol. The fraction of sp³-hybridized carbons (Fsp3) is 0.250. The monoisotopic (exact) mass is 460 g/mol. The van der Waals surface area contributed by atoms with E-state index in [9.17, 15) is 4.79 Å². The second-order valence-corrected chi connectivity index (χ2v) is 6.87. The number of allylic oxidation sites excluding steroid dienone is 2. The van der Waals surface area contributed by atoms with Crippen LogP contribution in [-0.4, -0.2) is 34.7 Å². The molecule has 2 heterocycles. The van der Waals surface area contributed by atoms with Gasteiger partial charge in [-0.15, -0.1) is 4.58 Å². The van der Waals surface area contributed by atoms with Crippen LogP contribution in [0.5, 0.6) is 5.75 Å². The van der Waals surface area contributed by atoms with Crippen LogP contribution < -0.4 is 33.6 Å². The highest BCUT2D eigenvalue weighted by molar-refractivity contribution is 8.40. The van der Waals surface area contributed by atoms with E-state index in [2.05, 4.69) is 11.8 Å². The van der Waals surface area contributed by atoms with Crippen LogP contribution >= 0.6 is 23.5 Å². The summed E-state index contributed by atoms with van der Waals surface area (Å²) >= 11 is 3.08. The number of hydrogen-bond donors (Lipinski definition) is 0. The van der Waals surface area contributed by atoms with Gasteiger partial charge in [0, 0.05) is 12.6 Å². The Morgan fingerprint density at radius 2 is 2.09 bits per heavy atom. The molecular formula is C16H17IN2O2S2. The minimum Gasteiger partial charge on any atom is -1.00 e. The van der Waals surface area contributed by atoms with Gasteiger partial charge in [0.1, 0.15) is 12.0 Å². The number of amides is 1. The topological polar surface area (TPSA) is 32.5 Å². The highest BCUT2D eigenvalue weighted by Gasteiger charge is 2.34. The minimum atomic E-state index is 0. The molecule has 23 heavy (non-hydrogen) atoms. The van der Waals surface area contributed by atoms with Gasteiger partial charge in [0.05, 0.1) is 5.69 Å². The predicted octanol–water partition coefficient (Wildman–Crippen LogP) is 0.269. The van der Waals surface area contributed by atoms with Gasteiger partial charge in [-0.3, -0.25) is 0 Å². The van der Waals surface area contributed by atoms with E-state index in [1.54, 1.807) is 23.4 Å². The molecule has 0 saturated carbocycles. The molecule has 1 amide bonds. The van der Waals surface area contributed by atoms with Crippen molar-refractivity contribution in [3.8, 4) is 5.75 Å². The minimum absolute atomic E-state index is 0. The molecule has 0 radical (unpaired) electrons. The van der Waals surface area contributed by atoms with Crippen molar-refractivity contribution in [2.24, 2.45) is 0 Å². The molecule has 0 aliphatic carbocycles. The number of carbonyl (C=O) groups excluding carboxylic acids is 1. The van der Waals surface area contributed by atoms with E-state index < -0.39 is 0 Å². The molecule has 0 spiro atoms. The lowest BCUT2D eigenvalue weighted by molar-refractivity contribution is -0.406. The third kappa shape index (κ3) is 3.46. The Hall–Kier alpha value is -0.930. The molecule has 0 N–H and O–H groups in total. The Kier molecular flexibility index (Phi) is 6.21. The average molecular weight is 460 g/mol. The molecule has 1 aromatic rings. The molecule has 0 aromatic heterocycles. The first kappa shape index (κ1) is 18.4. The summed E-state index contributed by atoms with van der Waals surface area (Å²) < 4.78 is 8.56. The molecule has 2 aliphatic rings. The first-order chi connectivity index (χ1) is 10.7. The quantitative estimate of drug-likeness (QED) is 0.360. The van der Waals surface area contributed by atoms with Gasteiger partial charge in [-0.25, -0.2) is 4.79 Å². The fourth-order valence-electron chi connectivity index (χ4n) is 2.39. The van der Waals surface area contributed by atoms with Crippen LogP contribution in [-0.2, 0) is 4.79 Å². The van der Waals surface area contributed by atoms with E-state index in [-0.39, 0.29) is 29.9 Å². The molecule has 3 rings (SSSR count). The van der Waals surface area contributed by atoms with E-state index >= 15 is 0 Å². The van der Waals surface area contributed by atoms with E-state index in [1.165, 1.54) is 11.8 Å². The van der Waals surface area contributed by atoms with Crippen LogP contribution in [0.3, 0.4) is 0 Å². The molecule has 0 bridgehead atoms. The van der Waals surface area contributed by atoms with E-state index in [0.717, 1.165) is 33.1 Å². The van der Waals surface area contributed by atoms with Gasteiger partial charge in [0.2, 0.25) is 5.88 Å². The summed E-state index contributed by atoms with van der Waals surface area (Å²) in [5, 5.41) is 0. The first-order valence-electron chi connectivity index (χ1n) is 6.99. The zero-order chi connectivity index (χ0) is 15.7. The number of benzene rings is 1. The zero-order valence-corrected chi connectivity index (χ0v) is 16.9. The first-order valence-corrected chi connectivity index (χ1v) is 9.03. The molecule has 7 heteroatoms. The van der Waals surface area contributed by atoms with Crippen LogP contribution in [0.15, 0.2) is 47.2 Å². The number of nitrogens with zero attached hydrogens (tertiary/aromatic N) is 2. The van der Waals surface area contributed by atoms with Gasteiger partial charge >= 0.3 is 5.91 Å². The number of para-hydroxylation sites is 2. The zero-order valence-electron chi connectivity index (χ0n) is 13.1. The van der Waals surface area contributed by atoms with Gasteiger partial charge < -0.3 is 33.6 Å². The predicted molar refractivity (Wildman–Crippen MR) is 93.6 cm³/mol. The lowest BCUT2D eigenvalue weighted by Gasteiger charge is -2.14. The highest BCUT2D eigenvalue weighted by Crippen LogP contribution is 2.38. The summed E-state index contributed by atoms with van der Waals surface area (Å²) in [4.78, 5) is 15.0. The molecule has 0 unspecified atom stereocenters. The highest BCUT2D eigenvalue weighted by atomic mass is 127. The number of hydrogen-bond acceptors (Lipinski definition) is 5. The summed E-state index contributed by atoms with van der Waals surface area (Å²) in [6, 6.07) is 7.95. The lowest BCUT2D eigenvalue weighted by atomic mass is 10.3. The standard InChI is InChI=1S/C16H17N2O2S2.HI/c1-4-18-11-7-5-6-8-12(11)20-14(18)10-9-13-15(19)17(2)16(21-3)22-13;/h5-10H,4H2,1-3H3;1H/q+1;/p-1/b13-9-,14-10-;. The number of thioether (sulfide) groups is 2. The SMILES string of the molecule is CCN1/C(=C/C=C2\SC(SC)=[N+](C)C2=O)Oc2ccccc21.[I-]. The van der Waals surface area contributed by atoms with Crippen LogP contribution in [0.25, 0.3) is 0 Å². The Balaban J connectivity index is 0.00000192. The number of carbonyl (C=O) groups is 1. The Morgan fingerprint density at radius 1 is 1.35 bits per heavy atom. The van der Waals surface area contributed by atoms with Crippen molar-refractivity contribution < 1.29 is 38.1 Å². The maximum Gasteiger partial charge on any atom is 0.427 e. The summed E-state index contributed by atoms with van der Waals surface area (Å²) in [6.45, 7) is 2.89. The van der Waals surface area contributed by atoms with Gasteiger partial charge in [-0.05, 0) is 43.2 Å². The van der Waals surface area contributed by atoms with Crippen LogP contribution in [0, 0.1) is 0 Å². The second-order valence-electron chi connectivity index (χ2n) is 4.79. The van der Waals surface area contributed by atoms with E-state index in [4.69, 9.17) is 4.74 Å². The molecule has 0 saturated heterocycles. The van der Waals surface area contributed by atoms with Crippen molar-refractivity contribution in [2.45, 2.75) is 6.92 Å². The van der Waals surface area contributed by atoms with Crippen molar-refractivity contribution in [1.29, 1.82) is 0 Å². The summed E-state index contributed by atoms with van der Waals surface area (Å²) in [5.41, 5.74) is 1.06. The van der Waals surface area contributed by atoms with Crippen molar-refractivity contribution in [1.82, 2.24) is 0 Å². The number of fused-ring (bicyclic) bond motifs is 1. The largest absolute Gasteiger partial charge is 1.00 e. The average Bonchev–Trinajstić information content (AvgIpc) is 3.03. The summed E-state index contributed by atoms with van der Waals surface area (Å²) in [5.74, 6) is 1.64. The third-order valence-electron chi connectivity index (χ3n) is 3.49. The van der Waals surface area contributed by atoms with Gasteiger partial charge in [-0.2, -0.15) is 0 Å². The van der Waals surface area contributed by atoms with Crippen molar-refractivity contribution in [3.63, 3.8) is 0 Å². The van der Waals surface area contributed by atoms with E-state index in [0.29, 0.717) is 0 Å². The number of anilines is 1. The molecule has 122 valence electrons. The van der Waals surface area contributed by atoms with E-state index in [1.807, 2.05) is 42.7 Å². The molecule has 4 nitrogen and oxygen atoms in total. The van der Waals surface area contributed by atoms with Gasteiger partial charge in [0.25, 0.3) is 4.38 Å². The number of rotatable bonds is 2. The molecule has 2 aliphatic heterocycles. The summed E-state index contributed by atoms with van der Waals surface area (Å²) in [7, 11) is 1.80. The molecule has 1 aromatic carbocycles. The maximum absolute atomic E-state index is 12.2. The molecule has 0 fully saturated rings. The number of ether oxygens (including phenoxy) is 1. The fourth-order valence-corrected chi connectivity index (χ4v) is 4.12. The number of likely N-dealkylation sites (N-methyl/N-ethyl adjacent to an activating group) is 1. The normalized spacial score (nSPS) is 20.1. The Bertz CT molecular complexity index is 729. The Labute approximate surface area is 161 Å². The Morgan fingerprint density at radius 3 is 2.74 bits per heavy atom. The second kappa shape index (κ2) is 7.76. The van der Waals surface area contributed by atoms with Crippen molar-refractivity contribution in [2.75, 3.05) is 24.7 Å². The third-order valence-corrected chi connectivity index (χ3v) is 5.84. The van der Waals surface area contributed by atoms with Crippen molar-refractivity contribution in [3.05, 3.63) is 47.2 Å². The molecule has 0 atom stereocenters. The number of halogens is 1. The van der Waals surface area contributed by atoms with Crippen LogP contribution in [0.1, 0.15) is 6.92 Å². The maximum atomic E-state index is 12.2. The van der Waals surface area contributed by atoms with Crippen molar-refractivity contribution >= 4 is 39.5 Å².